The third-order valence-electron chi connectivity index (χ3n) is 4.23. The summed E-state index contributed by atoms with van der Waals surface area (Å²) in [4.78, 5) is 14.6. The predicted octanol–water partition coefficient (Wildman–Crippen LogP) is 3.14. The second-order valence-electron chi connectivity index (χ2n) is 7.05. The molecule has 1 saturated heterocycles. The average molecular weight is 376 g/mol. The molecule has 0 radical (unpaired) electrons. The first-order valence-corrected chi connectivity index (χ1v) is 8.28. The minimum Gasteiger partial charge on any atom is -0.399 e. The highest BCUT2D eigenvalue weighted by Crippen LogP contribution is 2.20. The second-order valence-corrected chi connectivity index (χ2v) is 7.05. The molecule has 3 atom stereocenters. The van der Waals surface area contributed by atoms with Crippen molar-refractivity contribution in [2.75, 3.05) is 25.4 Å². The lowest BCUT2D eigenvalue weighted by atomic mass is 9.92. The number of piperidine rings is 1. The van der Waals surface area contributed by atoms with Gasteiger partial charge in [0.25, 0.3) is 0 Å². The summed E-state index contributed by atoms with van der Waals surface area (Å²) in [7, 11) is 0. The molecule has 1 aliphatic heterocycles. The van der Waals surface area contributed by atoms with Gasteiger partial charge in [0.05, 0.1) is 6.42 Å². The number of rotatable bonds is 5. The van der Waals surface area contributed by atoms with Crippen LogP contribution in [0.1, 0.15) is 32.8 Å². The highest BCUT2D eigenvalue weighted by atomic mass is 35.5. The number of anilines is 1. The SMILES string of the molecule is CC1CC(C)CN(CC(C)NC(=O)Cc2ccc(N)cc2)C1.Cl.Cl. The van der Waals surface area contributed by atoms with Gasteiger partial charge in [-0.3, -0.25) is 4.79 Å². The Morgan fingerprint density at radius 1 is 1.21 bits per heavy atom. The Labute approximate surface area is 158 Å². The number of benzene rings is 1. The molecule has 0 spiro atoms. The second kappa shape index (κ2) is 10.8. The minimum absolute atomic E-state index is 0. The average Bonchev–Trinajstić information content (AvgIpc) is 2.39. The number of nitrogens with two attached hydrogens (primary N) is 1. The molecular formula is C18H31Cl2N3O. The van der Waals surface area contributed by atoms with Gasteiger partial charge in [-0.05, 0) is 42.9 Å². The first kappa shape index (κ1) is 23.0. The largest absolute Gasteiger partial charge is 0.399 e. The lowest BCUT2D eigenvalue weighted by molar-refractivity contribution is -0.121. The Morgan fingerprint density at radius 2 is 1.75 bits per heavy atom. The third kappa shape index (κ3) is 7.73. The van der Waals surface area contributed by atoms with Gasteiger partial charge in [0.2, 0.25) is 5.91 Å². The highest BCUT2D eigenvalue weighted by molar-refractivity contribution is 5.85. The van der Waals surface area contributed by atoms with E-state index in [0.29, 0.717) is 6.42 Å². The van der Waals surface area contributed by atoms with Crippen molar-refractivity contribution in [2.45, 2.75) is 39.7 Å². The molecule has 0 bridgehead atoms. The zero-order valence-corrected chi connectivity index (χ0v) is 16.5. The molecule has 4 nitrogen and oxygen atoms in total. The summed E-state index contributed by atoms with van der Waals surface area (Å²) in [6.07, 6.45) is 1.73. The number of hydrogen-bond acceptors (Lipinski definition) is 3. The molecule has 1 fully saturated rings. The van der Waals surface area contributed by atoms with Crippen molar-refractivity contribution in [2.24, 2.45) is 11.8 Å². The number of amides is 1. The number of likely N-dealkylation sites (tertiary alicyclic amines) is 1. The van der Waals surface area contributed by atoms with Gasteiger partial charge >= 0.3 is 0 Å². The van der Waals surface area contributed by atoms with Crippen molar-refractivity contribution in [1.29, 1.82) is 0 Å². The number of nitrogens with zero attached hydrogens (tertiary/aromatic N) is 1. The van der Waals surface area contributed by atoms with Crippen LogP contribution in [0.5, 0.6) is 0 Å². The van der Waals surface area contributed by atoms with Gasteiger partial charge in [-0.25, -0.2) is 0 Å². The van der Waals surface area contributed by atoms with E-state index in [4.69, 9.17) is 5.73 Å². The Kier molecular flexibility index (Phi) is 10.4. The lowest BCUT2D eigenvalue weighted by Gasteiger charge is -2.36. The molecule has 1 amide bonds. The molecule has 24 heavy (non-hydrogen) atoms. The zero-order valence-electron chi connectivity index (χ0n) is 14.8. The molecule has 6 heteroatoms. The summed E-state index contributed by atoms with van der Waals surface area (Å²) in [6, 6.07) is 7.67. The number of hydrogen-bond donors (Lipinski definition) is 2. The van der Waals surface area contributed by atoms with Crippen LogP contribution in [0.3, 0.4) is 0 Å². The fraction of sp³-hybridized carbons (Fsp3) is 0.611. The quantitative estimate of drug-likeness (QED) is 0.777. The molecule has 0 aliphatic carbocycles. The van der Waals surface area contributed by atoms with Gasteiger partial charge < -0.3 is 16.0 Å². The number of nitrogens with one attached hydrogen (secondary N) is 1. The summed E-state index contributed by atoms with van der Waals surface area (Å²) >= 11 is 0. The summed E-state index contributed by atoms with van der Waals surface area (Å²) in [5.41, 5.74) is 7.39. The fourth-order valence-corrected chi connectivity index (χ4v) is 3.52. The van der Waals surface area contributed by atoms with E-state index in [-0.39, 0.29) is 36.8 Å². The standard InChI is InChI=1S/C18H29N3O.2ClH/c1-13-8-14(2)11-21(10-13)12-15(3)20-18(22)9-16-4-6-17(19)7-5-16;;/h4-7,13-15H,8-12,19H2,1-3H3,(H,20,22);2*1H. The summed E-state index contributed by atoms with van der Waals surface area (Å²) in [5.74, 6) is 1.58. The van der Waals surface area contributed by atoms with Crippen LogP contribution in [0.4, 0.5) is 5.69 Å². The van der Waals surface area contributed by atoms with E-state index in [1.165, 1.54) is 6.42 Å². The molecule has 3 unspecified atom stereocenters. The monoisotopic (exact) mass is 375 g/mol. The number of carbonyl (C=O) groups is 1. The first-order chi connectivity index (χ1) is 10.4. The number of nitrogen functional groups attached to an aromatic ring is 1. The number of carbonyl (C=O) groups excluding carboxylic acids is 1. The van der Waals surface area contributed by atoms with Crippen molar-refractivity contribution in [3.8, 4) is 0 Å². The molecule has 1 aromatic rings. The maximum Gasteiger partial charge on any atom is 0.224 e. The van der Waals surface area contributed by atoms with Crippen LogP contribution in [-0.4, -0.2) is 36.5 Å². The number of halogens is 2. The van der Waals surface area contributed by atoms with Crippen molar-refractivity contribution in [3.63, 3.8) is 0 Å². The van der Waals surface area contributed by atoms with Crippen LogP contribution in [0.15, 0.2) is 24.3 Å². The van der Waals surface area contributed by atoms with E-state index in [2.05, 4.69) is 31.0 Å². The molecule has 0 saturated carbocycles. The Balaban J connectivity index is 0.00000264. The van der Waals surface area contributed by atoms with E-state index in [1.807, 2.05) is 24.3 Å². The maximum absolute atomic E-state index is 12.1. The van der Waals surface area contributed by atoms with Crippen LogP contribution >= 0.6 is 24.8 Å². The topological polar surface area (TPSA) is 58.4 Å². The van der Waals surface area contributed by atoms with Gasteiger partial charge in [-0.1, -0.05) is 26.0 Å². The van der Waals surface area contributed by atoms with E-state index >= 15 is 0 Å². The van der Waals surface area contributed by atoms with Gasteiger partial charge in [0, 0.05) is 31.4 Å². The van der Waals surface area contributed by atoms with Crippen LogP contribution in [-0.2, 0) is 11.2 Å². The molecule has 138 valence electrons. The highest BCUT2D eigenvalue weighted by Gasteiger charge is 2.23. The van der Waals surface area contributed by atoms with Crippen LogP contribution in [0.2, 0.25) is 0 Å². The Hall–Kier alpha value is -0.970. The van der Waals surface area contributed by atoms with E-state index in [1.54, 1.807) is 0 Å². The molecular weight excluding hydrogens is 345 g/mol. The van der Waals surface area contributed by atoms with Gasteiger partial charge in [0.1, 0.15) is 0 Å². The summed E-state index contributed by atoms with van der Waals surface area (Å²) < 4.78 is 0. The van der Waals surface area contributed by atoms with Crippen LogP contribution in [0, 0.1) is 11.8 Å². The van der Waals surface area contributed by atoms with Crippen molar-refractivity contribution in [1.82, 2.24) is 10.2 Å². The first-order valence-electron chi connectivity index (χ1n) is 8.28. The smallest absolute Gasteiger partial charge is 0.224 e. The lowest BCUT2D eigenvalue weighted by Crippen LogP contribution is -2.47. The molecule has 2 rings (SSSR count). The Bertz CT molecular complexity index is 486. The van der Waals surface area contributed by atoms with E-state index in [0.717, 1.165) is 42.7 Å². The molecule has 1 heterocycles. The Morgan fingerprint density at radius 3 is 2.29 bits per heavy atom. The van der Waals surface area contributed by atoms with Gasteiger partial charge in [-0.15, -0.1) is 24.8 Å². The van der Waals surface area contributed by atoms with E-state index in [9.17, 15) is 4.79 Å². The maximum atomic E-state index is 12.1. The molecule has 1 aliphatic rings. The molecule has 3 N–H and O–H groups in total. The van der Waals surface area contributed by atoms with Crippen molar-refractivity contribution in [3.05, 3.63) is 29.8 Å². The van der Waals surface area contributed by atoms with Gasteiger partial charge in [0.15, 0.2) is 0 Å². The van der Waals surface area contributed by atoms with Crippen LogP contribution in [0.25, 0.3) is 0 Å². The zero-order chi connectivity index (χ0) is 16.1. The summed E-state index contributed by atoms with van der Waals surface area (Å²) in [5, 5.41) is 3.11. The van der Waals surface area contributed by atoms with Crippen molar-refractivity contribution >= 4 is 36.4 Å². The fourth-order valence-electron chi connectivity index (χ4n) is 3.52. The summed E-state index contributed by atoms with van der Waals surface area (Å²) in [6.45, 7) is 9.93. The van der Waals surface area contributed by atoms with E-state index < -0.39 is 0 Å². The predicted molar refractivity (Wildman–Crippen MR) is 106 cm³/mol. The normalized spacial score (nSPS) is 22.0. The minimum atomic E-state index is 0. The molecule has 1 aromatic carbocycles. The van der Waals surface area contributed by atoms with Crippen molar-refractivity contribution < 1.29 is 4.79 Å². The third-order valence-corrected chi connectivity index (χ3v) is 4.23. The van der Waals surface area contributed by atoms with Crippen LogP contribution < -0.4 is 11.1 Å². The van der Waals surface area contributed by atoms with Gasteiger partial charge in [-0.2, -0.15) is 0 Å². The molecule has 0 aromatic heterocycles.